The average Bonchev–Trinajstić information content (AvgIpc) is 2.25. The number of esters is 1. The number of aromatic nitrogens is 1. The lowest BCUT2D eigenvalue weighted by Gasteiger charge is -2.26. The van der Waals surface area contributed by atoms with Crippen LogP contribution in [0.25, 0.3) is 0 Å². The number of carbonyl (C=O) groups excluding carboxylic acids is 1. The van der Waals surface area contributed by atoms with Crippen molar-refractivity contribution in [1.82, 2.24) is 4.98 Å². The molecule has 88 valence electrons. The predicted octanol–water partition coefficient (Wildman–Crippen LogP) is 1.78. The highest BCUT2D eigenvalue weighted by Gasteiger charge is 2.15. The number of pyridine rings is 1. The number of hydrogen-bond donors (Lipinski definition) is 0. The molecular weight excluding hydrogens is 204 g/mol. The quantitative estimate of drug-likeness (QED) is 0.728. The van der Waals surface area contributed by atoms with Crippen LogP contribution in [0, 0.1) is 6.92 Å². The largest absolute Gasteiger partial charge is 0.468 e. The molecule has 1 rings (SSSR count). The van der Waals surface area contributed by atoms with Crippen LogP contribution >= 0.6 is 0 Å². The molecular formula is C12H18N2O2. The van der Waals surface area contributed by atoms with Crippen molar-refractivity contribution in [2.75, 3.05) is 18.6 Å². The van der Waals surface area contributed by atoms with Crippen LogP contribution in [0.2, 0.25) is 0 Å². The van der Waals surface area contributed by atoms with E-state index in [-0.39, 0.29) is 18.6 Å². The number of aryl methyl sites for hydroxylation is 1. The summed E-state index contributed by atoms with van der Waals surface area (Å²) < 4.78 is 4.67. The van der Waals surface area contributed by atoms with E-state index in [4.69, 9.17) is 0 Å². The summed E-state index contributed by atoms with van der Waals surface area (Å²) in [6, 6.07) is 5.97. The molecule has 0 bridgehead atoms. The lowest BCUT2D eigenvalue weighted by molar-refractivity contribution is -0.139. The van der Waals surface area contributed by atoms with Gasteiger partial charge in [0.1, 0.15) is 12.4 Å². The molecule has 4 nitrogen and oxygen atoms in total. The highest BCUT2D eigenvalue weighted by molar-refractivity contribution is 5.75. The van der Waals surface area contributed by atoms with E-state index in [1.54, 1.807) is 0 Å². The van der Waals surface area contributed by atoms with Gasteiger partial charge in [-0.3, -0.25) is 4.79 Å². The van der Waals surface area contributed by atoms with Crippen molar-refractivity contribution >= 4 is 11.8 Å². The normalized spacial score (nSPS) is 10.3. The van der Waals surface area contributed by atoms with Gasteiger partial charge >= 0.3 is 5.97 Å². The minimum Gasteiger partial charge on any atom is -0.468 e. The third-order valence-corrected chi connectivity index (χ3v) is 2.32. The molecule has 0 N–H and O–H groups in total. The van der Waals surface area contributed by atoms with E-state index in [0.29, 0.717) is 0 Å². The fourth-order valence-corrected chi connectivity index (χ4v) is 1.42. The molecule has 0 aliphatic rings. The van der Waals surface area contributed by atoms with Gasteiger partial charge in [0, 0.05) is 11.7 Å². The first-order valence-electron chi connectivity index (χ1n) is 5.31. The van der Waals surface area contributed by atoms with Gasteiger partial charge in [-0.2, -0.15) is 0 Å². The monoisotopic (exact) mass is 222 g/mol. The van der Waals surface area contributed by atoms with Gasteiger partial charge in [-0.25, -0.2) is 4.98 Å². The van der Waals surface area contributed by atoms with Gasteiger partial charge in [0.15, 0.2) is 0 Å². The minimum absolute atomic E-state index is 0.202. The molecule has 0 aliphatic carbocycles. The van der Waals surface area contributed by atoms with Crippen LogP contribution in [-0.4, -0.2) is 30.6 Å². The summed E-state index contributed by atoms with van der Waals surface area (Å²) in [5.74, 6) is 0.553. The number of ether oxygens (including phenoxy) is 1. The van der Waals surface area contributed by atoms with Crippen LogP contribution in [0.1, 0.15) is 19.5 Å². The Bertz CT molecular complexity index is 364. The molecule has 0 aliphatic heterocycles. The van der Waals surface area contributed by atoms with Crippen LogP contribution in [0.3, 0.4) is 0 Å². The van der Waals surface area contributed by atoms with Crippen molar-refractivity contribution in [2.24, 2.45) is 0 Å². The highest BCUT2D eigenvalue weighted by atomic mass is 16.5. The lowest BCUT2D eigenvalue weighted by Crippen LogP contribution is -2.36. The third-order valence-electron chi connectivity index (χ3n) is 2.32. The smallest absolute Gasteiger partial charge is 0.325 e. The molecule has 0 saturated heterocycles. The van der Waals surface area contributed by atoms with E-state index in [1.165, 1.54) is 7.11 Å². The maximum Gasteiger partial charge on any atom is 0.325 e. The van der Waals surface area contributed by atoms with E-state index in [2.05, 4.69) is 9.72 Å². The number of carbonyl (C=O) groups is 1. The van der Waals surface area contributed by atoms with Gasteiger partial charge in [-0.1, -0.05) is 6.07 Å². The van der Waals surface area contributed by atoms with Gasteiger partial charge < -0.3 is 9.64 Å². The maximum absolute atomic E-state index is 11.3. The summed E-state index contributed by atoms with van der Waals surface area (Å²) >= 11 is 0. The van der Waals surface area contributed by atoms with Crippen LogP contribution in [0.5, 0.6) is 0 Å². The molecule has 0 unspecified atom stereocenters. The summed E-state index contributed by atoms with van der Waals surface area (Å²) in [4.78, 5) is 17.6. The standard InChI is InChI=1S/C12H18N2O2/c1-9(2)14(8-12(15)16-4)11-7-5-6-10(3)13-11/h5-7,9H,8H2,1-4H3. The fraction of sp³-hybridized carbons (Fsp3) is 0.500. The second kappa shape index (κ2) is 5.49. The van der Waals surface area contributed by atoms with Gasteiger partial charge in [0.25, 0.3) is 0 Å². The second-order valence-electron chi connectivity index (χ2n) is 3.93. The van der Waals surface area contributed by atoms with Crippen molar-refractivity contribution < 1.29 is 9.53 Å². The second-order valence-corrected chi connectivity index (χ2v) is 3.93. The van der Waals surface area contributed by atoms with Crippen molar-refractivity contribution in [3.63, 3.8) is 0 Å². The maximum atomic E-state index is 11.3. The topological polar surface area (TPSA) is 42.4 Å². The number of nitrogens with zero attached hydrogens (tertiary/aromatic N) is 2. The summed E-state index contributed by atoms with van der Waals surface area (Å²) in [7, 11) is 1.39. The van der Waals surface area contributed by atoms with Gasteiger partial charge in [-0.05, 0) is 32.9 Å². The van der Waals surface area contributed by atoms with E-state index >= 15 is 0 Å². The van der Waals surface area contributed by atoms with Crippen molar-refractivity contribution in [1.29, 1.82) is 0 Å². The Labute approximate surface area is 96.2 Å². The molecule has 0 atom stereocenters. The predicted molar refractivity (Wildman–Crippen MR) is 63.5 cm³/mol. The Morgan fingerprint density at radius 2 is 2.19 bits per heavy atom. The Kier molecular flexibility index (Phi) is 4.28. The molecule has 16 heavy (non-hydrogen) atoms. The van der Waals surface area contributed by atoms with Gasteiger partial charge in [0.2, 0.25) is 0 Å². The molecule has 1 aromatic rings. The van der Waals surface area contributed by atoms with Gasteiger partial charge in [-0.15, -0.1) is 0 Å². The van der Waals surface area contributed by atoms with Crippen LogP contribution < -0.4 is 4.90 Å². The molecule has 0 spiro atoms. The molecule has 0 amide bonds. The average molecular weight is 222 g/mol. The minimum atomic E-state index is -0.253. The van der Waals surface area contributed by atoms with Crippen molar-refractivity contribution in [3.05, 3.63) is 23.9 Å². The first-order chi connectivity index (χ1) is 7.54. The Morgan fingerprint density at radius 1 is 1.50 bits per heavy atom. The number of methoxy groups -OCH3 is 1. The zero-order chi connectivity index (χ0) is 12.1. The molecule has 0 radical (unpaired) electrons. The molecule has 0 aromatic carbocycles. The zero-order valence-electron chi connectivity index (χ0n) is 10.2. The van der Waals surface area contributed by atoms with E-state index in [1.807, 2.05) is 43.9 Å². The lowest BCUT2D eigenvalue weighted by atomic mass is 10.3. The van der Waals surface area contributed by atoms with Gasteiger partial charge in [0.05, 0.1) is 7.11 Å². The first-order valence-corrected chi connectivity index (χ1v) is 5.31. The van der Waals surface area contributed by atoms with Crippen LogP contribution in [0.4, 0.5) is 5.82 Å². The van der Waals surface area contributed by atoms with E-state index in [9.17, 15) is 4.79 Å². The van der Waals surface area contributed by atoms with Crippen LogP contribution in [-0.2, 0) is 9.53 Å². The Hall–Kier alpha value is -1.58. The third kappa shape index (κ3) is 3.22. The summed E-state index contributed by atoms with van der Waals surface area (Å²) in [5, 5.41) is 0. The number of anilines is 1. The Morgan fingerprint density at radius 3 is 2.69 bits per heavy atom. The van der Waals surface area contributed by atoms with Crippen LogP contribution in [0.15, 0.2) is 18.2 Å². The van der Waals surface area contributed by atoms with E-state index < -0.39 is 0 Å². The van der Waals surface area contributed by atoms with E-state index in [0.717, 1.165) is 11.5 Å². The zero-order valence-corrected chi connectivity index (χ0v) is 10.2. The summed E-state index contributed by atoms with van der Waals surface area (Å²) in [6.07, 6.45) is 0. The number of rotatable bonds is 4. The molecule has 4 heteroatoms. The molecule has 0 saturated carbocycles. The number of hydrogen-bond acceptors (Lipinski definition) is 4. The first kappa shape index (κ1) is 12.5. The Balaban J connectivity index is 2.89. The highest BCUT2D eigenvalue weighted by Crippen LogP contribution is 2.14. The summed E-state index contributed by atoms with van der Waals surface area (Å²) in [6.45, 7) is 6.20. The van der Waals surface area contributed by atoms with Crippen molar-refractivity contribution in [3.8, 4) is 0 Å². The van der Waals surface area contributed by atoms with Crippen molar-refractivity contribution in [2.45, 2.75) is 26.8 Å². The fourth-order valence-electron chi connectivity index (χ4n) is 1.42. The molecule has 0 fully saturated rings. The SMILES string of the molecule is COC(=O)CN(c1cccc(C)n1)C(C)C. The summed E-state index contributed by atoms with van der Waals surface area (Å²) in [5.41, 5.74) is 0.938. The molecule has 1 heterocycles. The molecule has 1 aromatic heterocycles.